The van der Waals surface area contributed by atoms with Gasteiger partial charge in [-0.15, -0.1) is 0 Å². The highest BCUT2D eigenvalue weighted by Gasteiger charge is 2.35. The second-order valence-electron chi connectivity index (χ2n) is 8.98. The van der Waals surface area contributed by atoms with Crippen molar-refractivity contribution in [2.45, 2.75) is 51.3 Å². The number of halogens is 2. The zero-order chi connectivity index (χ0) is 25.1. The number of nitriles is 1. The number of carbonyl (C=O) groups is 1. The van der Waals surface area contributed by atoms with Gasteiger partial charge in [0.15, 0.2) is 5.82 Å². The van der Waals surface area contributed by atoms with Crippen LogP contribution in [0, 0.1) is 17.1 Å². The molecule has 10 heteroatoms. The number of aromatic nitrogens is 2. The Hall–Kier alpha value is -3.22. The predicted octanol–water partition coefficient (Wildman–Crippen LogP) is 3.63. The molecule has 2 aliphatic heterocycles. The van der Waals surface area contributed by atoms with Gasteiger partial charge in [0, 0.05) is 41.8 Å². The Morgan fingerprint density at radius 1 is 1.31 bits per heavy atom. The van der Waals surface area contributed by atoms with Gasteiger partial charge in [-0.05, 0) is 38.3 Å². The second-order valence-corrected chi connectivity index (χ2v) is 9.42. The zero-order valence-corrected chi connectivity index (χ0v) is 20.5. The van der Waals surface area contributed by atoms with Crippen molar-refractivity contribution in [2.24, 2.45) is 5.73 Å². The van der Waals surface area contributed by atoms with E-state index in [0.29, 0.717) is 41.5 Å². The fraction of sp³-hybridized carbons (Fsp3) is 0.440. The maximum Gasteiger partial charge on any atom is 0.258 e. The first-order valence-electron chi connectivity index (χ1n) is 11.6. The number of benzene rings is 1. The van der Waals surface area contributed by atoms with Crippen molar-refractivity contribution in [3.05, 3.63) is 58.5 Å². The average Bonchev–Trinajstić information content (AvgIpc) is 3.22. The fourth-order valence-corrected chi connectivity index (χ4v) is 4.97. The normalized spacial score (nSPS) is 22.8. The van der Waals surface area contributed by atoms with Crippen LogP contribution in [0.3, 0.4) is 0 Å². The number of piperidine rings is 1. The number of nitrogens with two attached hydrogens (primary N) is 1. The van der Waals surface area contributed by atoms with Crippen molar-refractivity contribution in [1.82, 2.24) is 19.8 Å². The summed E-state index contributed by atoms with van der Waals surface area (Å²) in [5.41, 5.74) is 7.63. The molecule has 0 saturated carbocycles. The molecule has 1 fully saturated rings. The molecule has 3 unspecified atom stereocenters. The number of rotatable bonds is 6. The first-order chi connectivity index (χ1) is 16.8. The fourth-order valence-electron chi connectivity index (χ4n) is 4.87. The standard InChI is InChI=1S/C25H28ClFN6O2/c1-3-18-10-19(8-15(2)33(18)7-6-28)35-23-9-17(27)4-5-20(23)25(34)32-13-21(22(29)14-32)24-30-11-16(26)12-31-24/h4-5,9,11-12,15,18-19H,3,7-8,10,13-14,29H2,1-2H3. The molecule has 3 heterocycles. The van der Waals surface area contributed by atoms with Crippen LogP contribution in [0.4, 0.5) is 4.39 Å². The first-order valence-corrected chi connectivity index (χ1v) is 12.0. The number of nitrogens with zero attached hydrogens (tertiary/aromatic N) is 5. The third-order valence-corrected chi connectivity index (χ3v) is 6.84. The Kier molecular flexibility index (Phi) is 7.53. The highest BCUT2D eigenvalue weighted by atomic mass is 35.5. The predicted molar refractivity (Wildman–Crippen MR) is 130 cm³/mol. The maximum atomic E-state index is 14.2. The van der Waals surface area contributed by atoms with Crippen LogP contribution in [-0.4, -0.2) is 63.5 Å². The van der Waals surface area contributed by atoms with Crippen LogP contribution < -0.4 is 10.5 Å². The molecule has 4 rings (SSSR count). The molecule has 1 saturated heterocycles. The molecule has 2 aliphatic rings. The SMILES string of the molecule is CCC1CC(Oc2cc(F)ccc2C(=O)N2CC(N)=C(c3ncc(Cl)cn3)C2)CC(C)N1CC#N. The highest BCUT2D eigenvalue weighted by molar-refractivity contribution is 6.30. The Balaban J connectivity index is 1.52. The summed E-state index contributed by atoms with van der Waals surface area (Å²) >= 11 is 5.88. The molecule has 0 bridgehead atoms. The molecule has 0 radical (unpaired) electrons. The molecule has 1 aromatic carbocycles. The maximum absolute atomic E-state index is 14.2. The van der Waals surface area contributed by atoms with Gasteiger partial charge in [-0.1, -0.05) is 18.5 Å². The van der Waals surface area contributed by atoms with Crippen LogP contribution in [0.1, 0.15) is 49.3 Å². The van der Waals surface area contributed by atoms with E-state index in [1.807, 2.05) is 0 Å². The van der Waals surface area contributed by atoms with Crippen LogP contribution in [0.5, 0.6) is 5.75 Å². The smallest absolute Gasteiger partial charge is 0.258 e. The van der Waals surface area contributed by atoms with E-state index < -0.39 is 5.82 Å². The summed E-state index contributed by atoms with van der Waals surface area (Å²) in [6, 6.07) is 6.52. The highest BCUT2D eigenvalue weighted by Crippen LogP contribution is 2.32. The van der Waals surface area contributed by atoms with Crippen LogP contribution in [0.25, 0.3) is 5.57 Å². The molecular weight excluding hydrogens is 471 g/mol. The van der Waals surface area contributed by atoms with E-state index in [0.717, 1.165) is 6.42 Å². The molecule has 2 N–H and O–H groups in total. The third-order valence-electron chi connectivity index (χ3n) is 6.64. The van der Waals surface area contributed by atoms with Crippen molar-refractivity contribution >= 4 is 23.1 Å². The quantitative estimate of drug-likeness (QED) is 0.606. The minimum atomic E-state index is -0.479. The van der Waals surface area contributed by atoms with E-state index in [1.54, 1.807) is 4.90 Å². The first kappa shape index (κ1) is 24.9. The van der Waals surface area contributed by atoms with Gasteiger partial charge in [-0.2, -0.15) is 5.26 Å². The van der Waals surface area contributed by atoms with E-state index in [-0.39, 0.29) is 48.5 Å². The van der Waals surface area contributed by atoms with Gasteiger partial charge in [-0.25, -0.2) is 14.4 Å². The molecular formula is C25H28ClFN6O2. The molecule has 184 valence electrons. The van der Waals surface area contributed by atoms with Crippen LogP contribution in [0.15, 0.2) is 36.3 Å². The summed E-state index contributed by atoms with van der Waals surface area (Å²) in [5.74, 6) is -0.158. The molecule has 35 heavy (non-hydrogen) atoms. The van der Waals surface area contributed by atoms with Gasteiger partial charge >= 0.3 is 0 Å². The second kappa shape index (κ2) is 10.6. The van der Waals surface area contributed by atoms with Crippen molar-refractivity contribution in [3.63, 3.8) is 0 Å². The third kappa shape index (κ3) is 5.39. The molecule has 0 spiro atoms. The van der Waals surface area contributed by atoms with Gasteiger partial charge in [-0.3, -0.25) is 9.69 Å². The van der Waals surface area contributed by atoms with Crippen molar-refractivity contribution in [3.8, 4) is 11.8 Å². The lowest BCUT2D eigenvalue weighted by molar-refractivity contribution is 0.0250. The summed E-state index contributed by atoms with van der Waals surface area (Å²) in [7, 11) is 0. The lowest BCUT2D eigenvalue weighted by atomic mass is 9.92. The summed E-state index contributed by atoms with van der Waals surface area (Å²) in [4.78, 5) is 25.6. The summed E-state index contributed by atoms with van der Waals surface area (Å²) in [6.45, 7) is 4.93. The van der Waals surface area contributed by atoms with E-state index in [2.05, 4.69) is 34.8 Å². The molecule has 8 nitrogen and oxygen atoms in total. The topological polar surface area (TPSA) is 108 Å². The number of ether oxygens (including phenoxy) is 1. The van der Waals surface area contributed by atoms with Crippen LogP contribution >= 0.6 is 11.6 Å². The van der Waals surface area contributed by atoms with Crippen molar-refractivity contribution in [2.75, 3.05) is 19.6 Å². The number of likely N-dealkylation sites (tertiary alicyclic amines) is 1. The number of carbonyl (C=O) groups excluding carboxylic acids is 1. The van der Waals surface area contributed by atoms with Crippen molar-refractivity contribution < 1.29 is 13.9 Å². The van der Waals surface area contributed by atoms with Crippen LogP contribution in [0.2, 0.25) is 5.02 Å². The van der Waals surface area contributed by atoms with E-state index >= 15 is 0 Å². The molecule has 1 aromatic heterocycles. The summed E-state index contributed by atoms with van der Waals surface area (Å²) < 4.78 is 20.4. The minimum Gasteiger partial charge on any atom is -0.489 e. The monoisotopic (exact) mass is 498 g/mol. The molecule has 3 atom stereocenters. The van der Waals surface area contributed by atoms with Gasteiger partial charge in [0.05, 0.1) is 36.3 Å². The largest absolute Gasteiger partial charge is 0.489 e. The Morgan fingerprint density at radius 3 is 2.74 bits per heavy atom. The Morgan fingerprint density at radius 2 is 2.06 bits per heavy atom. The summed E-state index contributed by atoms with van der Waals surface area (Å²) in [6.07, 6.45) is 5.01. The minimum absolute atomic E-state index is 0.135. The van der Waals surface area contributed by atoms with Crippen LogP contribution in [-0.2, 0) is 0 Å². The van der Waals surface area contributed by atoms with Gasteiger partial charge in [0.2, 0.25) is 0 Å². The zero-order valence-electron chi connectivity index (χ0n) is 19.7. The number of hydrogen-bond donors (Lipinski definition) is 1. The average molecular weight is 499 g/mol. The van der Waals surface area contributed by atoms with Gasteiger partial charge < -0.3 is 15.4 Å². The lowest BCUT2D eigenvalue weighted by Crippen LogP contribution is -2.50. The van der Waals surface area contributed by atoms with Crippen molar-refractivity contribution in [1.29, 1.82) is 5.26 Å². The Labute approximate surface area is 209 Å². The van der Waals surface area contributed by atoms with E-state index in [1.165, 1.54) is 30.6 Å². The number of amides is 1. The van der Waals surface area contributed by atoms with E-state index in [4.69, 9.17) is 22.1 Å². The van der Waals surface area contributed by atoms with Gasteiger partial charge in [0.1, 0.15) is 17.7 Å². The summed E-state index contributed by atoms with van der Waals surface area (Å²) in [5, 5.41) is 9.58. The molecule has 0 aliphatic carbocycles. The van der Waals surface area contributed by atoms with E-state index in [9.17, 15) is 14.4 Å². The number of hydrogen-bond acceptors (Lipinski definition) is 7. The molecule has 2 aromatic rings. The lowest BCUT2D eigenvalue weighted by Gasteiger charge is -2.42. The molecule has 1 amide bonds. The van der Waals surface area contributed by atoms with Gasteiger partial charge in [0.25, 0.3) is 5.91 Å². The Bertz CT molecular complexity index is 1170.